The van der Waals surface area contributed by atoms with Crippen LogP contribution in [0, 0.1) is 5.82 Å². The van der Waals surface area contributed by atoms with Crippen molar-refractivity contribution in [1.29, 1.82) is 0 Å². The number of amides is 1. The molecule has 1 aliphatic heterocycles. The zero-order valence-corrected chi connectivity index (χ0v) is 10.4. The van der Waals surface area contributed by atoms with Crippen molar-refractivity contribution in [2.75, 3.05) is 6.54 Å². The molecule has 0 saturated carbocycles. The molecule has 4 nitrogen and oxygen atoms in total. The van der Waals surface area contributed by atoms with Gasteiger partial charge in [0.2, 0.25) is 0 Å². The molecule has 1 aliphatic rings. The summed E-state index contributed by atoms with van der Waals surface area (Å²) in [6, 6.07) is 4.01. The Bertz CT molecular complexity index is 454. The van der Waals surface area contributed by atoms with Gasteiger partial charge in [-0.1, -0.05) is 6.07 Å². The summed E-state index contributed by atoms with van der Waals surface area (Å²) in [5.74, 6) is -0.436. The number of nitrogens with zero attached hydrogens (tertiary/aromatic N) is 1. The van der Waals surface area contributed by atoms with Crippen molar-refractivity contribution in [2.45, 2.75) is 18.6 Å². The third-order valence-corrected chi connectivity index (χ3v) is 3.50. The predicted molar refractivity (Wildman–Crippen MR) is 62.2 cm³/mol. The third kappa shape index (κ3) is 2.42. The number of β-amino-alcohol motifs (C(OH)–C–C–N with tert-alkyl or cyclic N) is 1. The van der Waals surface area contributed by atoms with E-state index in [4.69, 9.17) is 5.11 Å². The number of aliphatic hydroxyl groups is 1. The van der Waals surface area contributed by atoms with Crippen LogP contribution in [-0.4, -0.2) is 33.9 Å². The summed E-state index contributed by atoms with van der Waals surface area (Å²) in [6.07, 6.45) is -1.49. The lowest BCUT2D eigenvalue weighted by molar-refractivity contribution is 0.131. The van der Waals surface area contributed by atoms with Crippen molar-refractivity contribution in [1.82, 2.24) is 4.90 Å². The first-order valence-electron chi connectivity index (χ1n) is 5.11. The third-order valence-electron chi connectivity index (χ3n) is 2.85. The molecule has 17 heavy (non-hydrogen) atoms. The van der Waals surface area contributed by atoms with E-state index in [2.05, 4.69) is 15.9 Å². The summed E-state index contributed by atoms with van der Waals surface area (Å²) < 4.78 is 13.7. The maximum Gasteiger partial charge on any atom is 0.407 e. The maximum absolute atomic E-state index is 13.4. The zero-order chi connectivity index (χ0) is 12.6. The number of likely N-dealkylation sites (tertiary alicyclic amines) is 1. The van der Waals surface area contributed by atoms with Crippen LogP contribution in [-0.2, 0) is 0 Å². The largest absolute Gasteiger partial charge is 0.465 e. The molecule has 2 N–H and O–H groups in total. The van der Waals surface area contributed by atoms with Gasteiger partial charge in [0.15, 0.2) is 0 Å². The van der Waals surface area contributed by atoms with Crippen molar-refractivity contribution in [3.63, 3.8) is 0 Å². The van der Waals surface area contributed by atoms with E-state index in [-0.39, 0.29) is 6.54 Å². The van der Waals surface area contributed by atoms with E-state index in [1.807, 2.05) is 0 Å². The molecular weight excluding hydrogens is 293 g/mol. The van der Waals surface area contributed by atoms with Crippen LogP contribution < -0.4 is 0 Å². The van der Waals surface area contributed by atoms with Crippen LogP contribution in [0.15, 0.2) is 22.7 Å². The van der Waals surface area contributed by atoms with E-state index in [0.29, 0.717) is 16.5 Å². The minimum Gasteiger partial charge on any atom is -0.465 e. The fraction of sp³-hybridized carbons (Fsp3) is 0.364. The van der Waals surface area contributed by atoms with Crippen LogP contribution in [0.4, 0.5) is 9.18 Å². The molecule has 1 saturated heterocycles. The molecule has 2 rings (SSSR count). The van der Waals surface area contributed by atoms with Gasteiger partial charge in [0, 0.05) is 0 Å². The van der Waals surface area contributed by atoms with Crippen LogP contribution in [0.5, 0.6) is 0 Å². The maximum atomic E-state index is 13.4. The number of rotatable bonds is 1. The second-order valence-electron chi connectivity index (χ2n) is 4.01. The van der Waals surface area contributed by atoms with E-state index < -0.39 is 24.1 Å². The molecule has 2 atom stereocenters. The van der Waals surface area contributed by atoms with Gasteiger partial charge in [-0.2, -0.15) is 0 Å². The Hall–Kier alpha value is -1.14. The Morgan fingerprint density at radius 3 is 2.82 bits per heavy atom. The molecule has 1 fully saturated rings. The quantitative estimate of drug-likeness (QED) is 0.837. The van der Waals surface area contributed by atoms with Gasteiger partial charge in [-0.15, -0.1) is 0 Å². The molecule has 6 heteroatoms. The molecule has 0 radical (unpaired) electrons. The number of halogens is 2. The number of benzene rings is 1. The van der Waals surface area contributed by atoms with Crippen LogP contribution in [0.25, 0.3) is 0 Å². The number of hydrogen-bond donors (Lipinski definition) is 2. The minimum absolute atomic E-state index is 0.0671. The highest BCUT2D eigenvalue weighted by Gasteiger charge is 2.35. The molecule has 1 aromatic carbocycles. The van der Waals surface area contributed by atoms with E-state index >= 15 is 0 Å². The van der Waals surface area contributed by atoms with Gasteiger partial charge in [-0.3, -0.25) is 4.90 Å². The Balaban J connectivity index is 2.31. The first-order valence-corrected chi connectivity index (χ1v) is 5.91. The van der Waals surface area contributed by atoms with Crippen molar-refractivity contribution in [2.24, 2.45) is 0 Å². The van der Waals surface area contributed by atoms with Crippen molar-refractivity contribution in [3.8, 4) is 0 Å². The molecule has 1 aromatic rings. The molecule has 2 unspecified atom stereocenters. The monoisotopic (exact) mass is 303 g/mol. The molecule has 1 amide bonds. The SMILES string of the molecule is O=C(O)N1CC(O)CC1c1ccc(Br)c(F)c1. The Morgan fingerprint density at radius 2 is 2.24 bits per heavy atom. The van der Waals surface area contributed by atoms with E-state index in [1.54, 1.807) is 6.07 Å². The fourth-order valence-electron chi connectivity index (χ4n) is 2.06. The van der Waals surface area contributed by atoms with Gasteiger partial charge in [0.25, 0.3) is 0 Å². The summed E-state index contributed by atoms with van der Waals surface area (Å²) in [5.41, 5.74) is 0.560. The highest BCUT2D eigenvalue weighted by Crippen LogP contribution is 2.33. The molecule has 0 aromatic heterocycles. The first kappa shape index (κ1) is 12.3. The lowest BCUT2D eigenvalue weighted by Gasteiger charge is -2.21. The first-order chi connectivity index (χ1) is 7.99. The Kier molecular flexibility index (Phi) is 3.35. The minimum atomic E-state index is -1.10. The molecule has 0 spiro atoms. The predicted octanol–water partition coefficient (Wildman–Crippen LogP) is 2.37. The topological polar surface area (TPSA) is 60.8 Å². The van der Waals surface area contributed by atoms with Gasteiger partial charge in [0.05, 0.1) is 23.2 Å². The number of aliphatic hydroxyl groups excluding tert-OH is 1. The smallest absolute Gasteiger partial charge is 0.407 e. The van der Waals surface area contributed by atoms with Crippen LogP contribution in [0.3, 0.4) is 0 Å². The molecule has 92 valence electrons. The summed E-state index contributed by atoms with van der Waals surface area (Å²) in [4.78, 5) is 12.1. The van der Waals surface area contributed by atoms with Gasteiger partial charge in [-0.25, -0.2) is 9.18 Å². The molecule has 1 heterocycles. The number of carbonyl (C=O) groups is 1. The van der Waals surface area contributed by atoms with E-state index in [0.717, 1.165) is 4.90 Å². The van der Waals surface area contributed by atoms with Crippen LogP contribution in [0.1, 0.15) is 18.0 Å². The van der Waals surface area contributed by atoms with Crippen molar-refractivity contribution >= 4 is 22.0 Å². The summed E-state index contributed by atoms with van der Waals surface area (Å²) in [6.45, 7) is 0.0671. The lowest BCUT2D eigenvalue weighted by Crippen LogP contribution is -2.30. The van der Waals surface area contributed by atoms with E-state index in [9.17, 15) is 14.3 Å². The molecule has 0 bridgehead atoms. The van der Waals surface area contributed by atoms with E-state index in [1.165, 1.54) is 12.1 Å². The zero-order valence-electron chi connectivity index (χ0n) is 8.81. The average Bonchev–Trinajstić information content (AvgIpc) is 2.64. The summed E-state index contributed by atoms with van der Waals surface area (Å²) in [7, 11) is 0. The number of carboxylic acid groups (broad SMARTS) is 1. The van der Waals surface area contributed by atoms with Gasteiger partial charge in [0.1, 0.15) is 5.82 Å². The fourth-order valence-corrected chi connectivity index (χ4v) is 2.31. The average molecular weight is 304 g/mol. The van der Waals surface area contributed by atoms with Crippen molar-refractivity contribution < 1.29 is 19.4 Å². The molecular formula is C11H11BrFNO3. The molecule has 0 aliphatic carbocycles. The normalized spacial score (nSPS) is 24.1. The summed E-state index contributed by atoms with van der Waals surface area (Å²) >= 11 is 3.04. The Morgan fingerprint density at radius 1 is 1.53 bits per heavy atom. The second kappa shape index (κ2) is 4.62. The van der Waals surface area contributed by atoms with Gasteiger partial charge >= 0.3 is 6.09 Å². The van der Waals surface area contributed by atoms with Gasteiger partial charge in [-0.05, 0) is 40.0 Å². The van der Waals surface area contributed by atoms with Gasteiger partial charge < -0.3 is 10.2 Å². The Labute approximate surface area is 106 Å². The highest BCUT2D eigenvalue weighted by atomic mass is 79.9. The standard InChI is InChI=1S/C11H11BrFNO3/c12-8-2-1-6(3-9(8)13)10-4-7(15)5-14(10)11(16)17/h1-3,7,10,15H,4-5H2,(H,16,17). The highest BCUT2D eigenvalue weighted by molar-refractivity contribution is 9.10. The second-order valence-corrected chi connectivity index (χ2v) is 4.87. The van der Waals surface area contributed by atoms with Crippen molar-refractivity contribution in [3.05, 3.63) is 34.1 Å². The van der Waals surface area contributed by atoms with Crippen LogP contribution >= 0.6 is 15.9 Å². The van der Waals surface area contributed by atoms with Crippen LogP contribution in [0.2, 0.25) is 0 Å². The summed E-state index contributed by atoms with van der Waals surface area (Å²) in [5, 5.41) is 18.5. The lowest BCUT2D eigenvalue weighted by atomic mass is 10.0. The number of hydrogen-bond acceptors (Lipinski definition) is 2.